The average Bonchev–Trinajstić information content (AvgIpc) is 2.84. The molecule has 2 aliphatic rings. The van der Waals surface area contributed by atoms with Crippen molar-refractivity contribution in [3.63, 3.8) is 0 Å². The van der Waals surface area contributed by atoms with Crippen LogP contribution in [0, 0.1) is 6.92 Å². The number of hydrogen-bond donors (Lipinski definition) is 1. The standard InChI is InChI=1S/C17H26N2/c1-3-14-8-6-7-13(2)17(14)18-15-10-12-19-11-5-4-9-16(15)19/h6-8,15-16,18H,3-5,9-12H2,1-2H3. The zero-order chi connectivity index (χ0) is 13.2. The van der Waals surface area contributed by atoms with Gasteiger partial charge in [0.15, 0.2) is 0 Å². The minimum Gasteiger partial charge on any atom is -0.380 e. The summed E-state index contributed by atoms with van der Waals surface area (Å²) in [4.78, 5) is 2.70. The highest BCUT2D eigenvalue weighted by Crippen LogP contribution is 2.31. The van der Waals surface area contributed by atoms with E-state index in [1.54, 1.807) is 0 Å². The van der Waals surface area contributed by atoms with Gasteiger partial charge in [-0.05, 0) is 50.3 Å². The van der Waals surface area contributed by atoms with Crippen LogP contribution in [0.25, 0.3) is 0 Å². The van der Waals surface area contributed by atoms with E-state index in [9.17, 15) is 0 Å². The second-order valence-corrected chi connectivity index (χ2v) is 6.10. The molecule has 2 aliphatic heterocycles. The molecule has 2 atom stereocenters. The van der Waals surface area contributed by atoms with Crippen LogP contribution < -0.4 is 5.32 Å². The third-order valence-corrected chi connectivity index (χ3v) is 4.93. The third-order valence-electron chi connectivity index (χ3n) is 4.93. The van der Waals surface area contributed by atoms with Gasteiger partial charge in [-0.25, -0.2) is 0 Å². The van der Waals surface area contributed by atoms with E-state index >= 15 is 0 Å². The zero-order valence-corrected chi connectivity index (χ0v) is 12.3. The smallest absolute Gasteiger partial charge is 0.0429 e. The fourth-order valence-corrected chi connectivity index (χ4v) is 3.83. The van der Waals surface area contributed by atoms with Crippen molar-refractivity contribution >= 4 is 5.69 Å². The molecule has 104 valence electrons. The Kier molecular flexibility index (Phi) is 3.79. The van der Waals surface area contributed by atoms with Gasteiger partial charge in [-0.15, -0.1) is 0 Å². The number of benzene rings is 1. The van der Waals surface area contributed by atoms with Crippen LogP contribution in [0.5, 0.6) is 0 Å². The van der Waals surface area contributed by atoms with E-state index in [0.29, 0.717) is 6.04 Å². The largest absolute Gasteiger partial charge is 0.380 e. The minimum atomic E-state index is 0.659. The molecule has 1 N–H and O–H groups in total. The SMILES string of the molecule is CCc1cccc(C)c1NC1CCN2CCCCC12. The van der Waals surface area contributed by atoms with Gasteiger partial charge < -0.3 is 5.32 Å². The van der Waals surface area contributed by atoms with E-state index in [-0.39, 0.29) is 0 Å². The van der Waals surface area contributed by atoms with Crippen molar-refractivity contribution < 1.29 is 0 Å². The Hall–Kier alpha value is -1.02. The molecule has 19 heavy (non-hydrogen) atoms. The molecule has 0 radical (unpaired) electrons. The van der Waals surface area contributed by atoms with Gasteiger partial charge in [-0.3, -0.25) is 4.90 Å². The van der Waals surface area contributed by atoms with Crippen molar-refractivity contribution in [3.8, 4) is 0 Å². The number of nitrogens with one attached hydrogen (secondary N) is 1. The van der Waals surface area contributed by atoms with Crippen molar-refractivity contribution in [2.75, 3.05) is 18.4 Å². The molecule has 3 rings (SSSR count). The molecule has 2 nitrogen and oxygen atoms in total. The Labute approximate surface area is 117 Å². The Morgan fingerprint density at radius 2 is 2.11 bits per heavy atom. The second-order valence-electron chi connectivity index (χ2n) is 6.10. The van der Waals surface area contributed by atoms with Crippen molar-refractivity contribution in [3.05, 3.63) is 29.3 Å². The zero-order valence-electron chi connectivity index (χ0n) is 12.3. The van der Waals surface area contributed by atoms with Gasteiger partial charge in [0, 0.05) is 24.3 Å². The third kappa shape index (κ3) is 2.51. The quantitative estimate of drug-likeness (QED) is 0.891. The van der Waals surface area contributed by atoms with Crippen LogP contribution in [-0.2, 0) is 6.42 Å². The molecular weight excluding hydrogens is 232 g/mol. The van der Waals surface area contributed by atoms with Crippen molar-refractivity contribution in [2.45, 2.75) is 58.0 Å². The highest BCUT2D eigenvalue weighted by Gasteiger charge is 2.35. The van der Waals surface area contributed by atoms with E-state index < -0.39 is 0 Å². The highest BCUT2D eigenvalue weighted by molar-refractivity contribution is 5.58. The summed E-state index contributed by atoms with van der Waals surface area (Å²) in [5, 5.41) is 3.89. The normalized spacial score (nSPS) is 27.3. The summed E-state index contributed by atoms with van der Waals surface area (Å²) in [5.74, 6) is 0. The summed E-state index contributed by atoms with van der Waals surface area (Å²) < 4.78 is 0. The lowest BCUT2D eigenvalue weighted by Gasteiger charge is -2.33. The average molecular weight is 258 g/mol. The molecule has 2 heteroatoms. The first-order chi connectivity index (χ1) is 9.29. The van der Waals surface area contributed by atoms with Gasteiger partial charge >= 0.3 is 0 Å². The predicted molar refractivity (Wildman–Crippen MR) is 81.8 cm³/mol. The van der Waals surface area contributed by atoms with Crippen LogP contribution >= 0.6 is 0 Å². The van der Waals surface area contributed by atoms with Gasteiger partial charge in [0.05, 0.1) is 0 Å². The van der Waals surface area contributed by atoms with Gasteiger partial charge in [-0.1, -0.05) is 31.5 Å². The topological polar surface area (TPSA) is 15.3 Å². The number of rotatable bonds is 3. The Bertz CT molecular complexity index is 441. The number of aryl methyl sites for hydroxylation is 2. The Morgan fingerprint density at radius 3 is 2.95 bits per heavy atom. The molecular formula is C17H26N2. The number of para-hydroxylation sites is 1. The summed E-state index contributed by atoms with van der Waals surface area (Å²) in [7, 11) is 0. The molecule has 0 spiro atoms. The molecule has 0 aliphatic carbocycles. The van der Waals surface area contributed by atoms with Crippen molar-refractivity contribution in [1.29, 1.82) is 0 Å². The summed E-state index contributed by atoms with van der Waals surface area (Å²) in [6, 6.07) is 8.11. The van der Waals surface area contributed by atoms with Crippen LogP contribution in [0.1, 0.15) is 43.7 Å². The van der Waals surface area contributed by atoms with Crippen LogP contribution in [0.3, 0.4) is 0 Å². The number of fused-ring (bicyclic) bond motifs is 1. The molecule has 0 saturated carbocycles. The lowest BCUT2D eigenvalue weighted by molar-refractivity contribution is 0.192. The summed E-state index contributed by atoms with van der Waals surface area (Å²) in [6.45, 7) is 7.09. The van der Waals surface area contributed by atoms with E-state index in [1.807, 2.05) is 0 Å². The van der Waals surface area contributed by atoms with Crippen LogP contribution in [-0.4, -0.2) is 30.1 Å². The monoisotopic (exact) mass is 258 g/mol. The van der Waals surface area contributed by atoms with Crippen LogP contribution in [0.2, 0.25) is 0 Å². The van der Waals surface area contributed by atoms with Gasteiger partial charge in [0.2, 0.25) is 0 Å². The highest BCUT2D eigenvalue weighted by atomic mass is 15.2. The first-order valence-electron chi connectivity index (χ1n) is 7.88. The maximum absolute atomic E-state index is 3.89. The number of nitrogens with zero attached hydrogens (tertiary/aromatic N) is 1. The van der Waals surface area contributed by atoms with Gasteiger partial charge in [0.1, 0.15) is 0 Å². The molecule has 1 aromatic rings. The lowest BCUT2D eigenvalue weighted by atomic mass is 9.97. The molecule has 2 saturated heterocycles. The second kappa shape index (κ2) is 5.54. The number of hydrogen-bond acceptors (Lipinski definition) is 2. The Morgan fingerprint density at radius 1 is 1.21 bits per heavy atom. The van der Waals surface area contributed by atoms with Gasteiger partial charge in [-0.2, -0.15) is 0 Å². The molecule has 2 unspecified atom stereocenters. The molecule has 1 aromatic carbocycles. The summed E-state index contributed by atoms with van der Waals surface area (Å²) in [6.07, 6.45) is 6.61. The van der Waals surface area contributed by atoms with E-state index in [1.165, 1.54) is 55.6 Å². The summed E-state index contributed by atoms with van der Waals surface area (Å²) in [5.41, 5.74) is 4.27. The fourth-order valence-electron chi connectivity index (χ4n) is 3.83. The fraction of sp³-hybridized carbons (Fsp3) is 0.647. The molecule has 0 aromatic heterocycles. The van der Waals surface area contributed by atoms with Crippen LogP contribution in [0.15, 0.2) is 18.2 Å². The van der Waals surface area contributed by atoms with Crippen LogP contribution in [0.4, 0.5) is 5.69 Å². The van der Waals surface area contributed by atoms with Crippen molar-refractivity contribution in [1.82, 2.24) is 4.90 Å². The number of anilines is 1. The molecule has 0 amide bonds. The molecule has 2 fully saturated rings. The first-order valence-corrected chi connectivity index (χ1v) is 7.88. The van der Waals surface area contributed by atoms with E-state index in [2.05, 4.69) is 42.3 Å². The predicted octanol–water partition coefficient (Wildman–Crippen LogP) is 3.60. The minimum absolute atomic E-state index is 0.659. The maximum atomic E-state index is 3.89. The van der Waals surface area contributed by atoms with Crippen molar-refractivity contribution in [2.24, 2.45) is 0 Å². The van der Waals surface area contributed by atoms with Gasteiger partial charge in [0.25, 0.3) is 0 Å². The first kappa shape index (κ1) is 13.0. The Balaban J connectivity index is 1.78. The lowest BCUT2D eigenvalue weighted by Crippen LogP contribution is -2.41. The molecule has 0 bridgehead atoms. The number of piperidine rings is 1. The maximum Gasteiger partial charge on any atom is 0.0429 e. The molecule has 2 heterocycles. The van der Waals surface area contributed by atoms with E-state index in [0.717, 1.165) is 12.5 Å². The van der Waals surface area contributed by atoms with E-state index in [4.69, 9.17) is 0 Å². The summed E-state index contributed by atoms with van der Waals surface area (Å²) >= 11 is 0.